The number of fused-ring (bicyclic) bond motifs is 1. The Kier molecular flexibility index (Phi) is 5.72. The van der Waals surface area contributed by atoms with Crippen LogP contribution in [0.1, 0.15) is 17.0 Å². The topological polar surface area (TPSA) is 56.2 Å². The van der Waals surface area contributed by atoms with E-state index in [9.17, 15) is 4.79 Å². The number of anilines is 1. The van der Waals surface area contributed by atoms with Crippen molar-refractivity contribution in [2.45, 2.75) is 27.0 Å². The van der Waals surface area contributed by atoms with Gasteiger partial charge in [0.05, 0.1) is 11.0 Å². The van der Waals surface area contributed by atoms with Crippen LogP contribution >= 0.6 is 11.6 Å². The first kappa shape index (κ1) is 20.0. The van der Waals surface area contributed by atoms with E-state index < -0.39 is 0 Å². The summed E-state index contributed by atoms with van der Waals surface area (Å²) >= 11 is 5.94. The lowest BCUT2D eigenvalue weighted by molar-refractivity contribution is -0.116. The summed E-state index contributed by atoms with van der Waals surface area (Å²) in [5.74, 6) is 1.27. The second-order valence-corrected chi connectivity index (χ2v) is 7.60. The molecule has 0 aliphatic heterocycles. The highest BCUT2D eigenvalue weighted by molar-refractivity contribution is 6.30. The summed E-state index contributed by atoms with van der Waals surface area (Å²) in [5, 5.41) is 3.70. The average molecular weight is 420 g/mol. The van der Waals surface area contributed by atoms with Gasteiger partial charge in [0.25, 0.3) is 0 Å². The number of nitrogens with zero attached hydrogens (tertiary/aromatic N) is 2. The molecule has 4 rings (SSSR count). The molecule has 6 heteroatoms. The summed E-state index contributed by atoms with van der Waals surface area (Å²) in [4.78, 5) is 17.5. The zero-order valence-electron chi connectivity index (χ0n) is 16.9. The van der Waals surface area contributed by atoms with Crippen LogP contribution in [0.2, 0.25) is 5.02 Å². The third-order valence-corrected chi connectivity index (χ3v) is 5.21. The van der Waals surface area contributed by atoms with Crippen LogP contribution in [0.4, 0.5) is 5.69 Å². The van der Waals surface area contributed by atoms with Crippen molar-refractivity contribution in [3.63, 3.8) is 0 Å². The van der Waals surface area contributed by atoms with Crippen molar-refractivity contribution in [1.82, 2.24) is 9.55 Å². The Hall–Kier alpha value is -3.31. The highest BCUT2D eigenvalue weighted by Crippen LogP contribution is 2.22. The molecule has 0 spiro atoms. The summed E-state index contributed by atoms with van der Waals surface area (Å²) < 4.78 is 7.78. The molecule has 0 aliphatic carbocycles. The summed E-state index contributed by atoms with van der Waals surface area (Å²) in [5.41, 5.74) is 4.64. The molecule has 1 amide bonds. The second-order valence-electron chi connectivity index (χ2n) is 7.16. The van der Waals surface area contributed by atoms with Crippen molar-refractivity contribution < 1.29 is 9.53 Å². The van der Waals surface area contributed by atoms with E-state index in [2.05, 4.69) is 10.3 Å². The van der Waals surface area contributed by atoms with Crippen LogP contribution in [0.5, 0.6) is 5.75 Å². The molecule has 0 bridgehead atoms. The van der Waals surface area contributed by atoms with E-state index in [1.54, 1.807) is 12.1 Å². The number of carbonyl (C=O) groups is 1. The van der Waals surface area contributed by atoms with Gasteiger partial charge < -0.3 is 14.6 Å². The zero-order chi connectivity index (χ0) is 21.1. The predicted molar refractivity (Wildman–Crippen MR) is 120 cm³/mol. The van der Waals surface area contributed by atoms with E-state index in [4.69, 9.17) is 16.3 Å². The van der Waals surface area contributed by atoms with Crippen LogP contribution in [0.3, 0.4) is 0 Å². The Morgan fingerprint density at radius 3 is 2.43 bits per heavy atom. The van der Waals surface area contributed by atoms with E-state index in [1.807, 2.05) is 73.0 Å². The first-order valence-electron chi connectivity index (χ1n) is 9.70. The number of halogens is 1. The SMILES string of the molecule is Cc1cccc(C)c1NC(=O)Cn1c(COc2ccc(Cl)cc2)nc2ccccc21. The van der Waals surface area contributed by atoms with Crippen LogP contribution in [0.25, 0.3) is 11.0 Å². The normalized spacial score (nSPS) is 10.9. The van der Waals surface area contributed by atoms with Crippen molar-refractivity contribution in [2.75, 3.05) is 5.32 Å². The minimum atomic E-state index is -0.108. The lowest BCUT2D eigenvalue weighted by Gasteiger charge is -2.14. The van der Waals surface area contributed by atoms with Crippen molar-refractivity contribution in [3.8, 4) is 5.75 Å². The van der Waals surface area contributed by atoms with Crippen molar-refractivity contribution in [1.29, 1.82) is 0 Å². The van der Waals surface area contributed by atoms with Crippen molar-refractivity contribution >= 4 is 34.2 Å². The molecular weight excluding hydrogens is 398 g/mol. The number of benzene rings is 3. The lowest BCUT2D eigenvalue weighted by Crippen LogP contribution is -2.21. The molecular formula is C24H22ClN3O2. The molecule has 1 N–H and O–H groups in total. The van der Waals surface area contributed by atoms with E-state index in [0.29, 0.717) is 16.6 Å². The number of nitrogens with one attached hydrogen (secondary N) is 1. The number of para-hydroxylation sites is 3. The molecule has 4 aromatic rings. The number of rotatable bonds is 6. The Morgan fingerprint density at radius 1 is 1.00 bits per heavy atom. The van der Waals surface area contributed by atoms with E-state index in [1.165, 1.54) is 0 Å². The number of aryl methyl sites for hydroxylation is 2. The predicted octanol–water partition coefficient (Wildman–Crippen LogP) is 5.52. The minimum absolute atomic E-state index is 0.108. The number of amides is 1. The summed E-state index contributed by atoms with van der Waals surface area (Å²) in [6.45, 7) is 4.36. The number of hydrogen-bond donors (Lipinski definition) is 1. The molecule has 152 valence electrons. The molecule has 0 saturated heterocycles. The summed E-state index contributed by atoms with van der Waals surface area (Å²) in [7, 11) is 0. The Morgan fingerprint density at radius 2 is 1.70 bits per heavy atom. The van der Waals surface area contributed by atoms with Crippen LogP contribution in [0.15, 0.2) is 66.7 Å². The third-order valence-electron chi connectivity index (χ3n) is 4.96. The fraction of sp³-hybridized carbons (Fsp3) is 0.167. The number of ether oxygens (including phenoxy) is 1. The quantitative estimate of drug-likeness (QED) is 0.447. The highest BCUT2D eigenvalue weighted by atomic mass is 35.5. The van der Waals surface area contributed by atoms with E-state index in [0.717, 1.165) is 27.8 Å². The van der Waals surface area contributed by atoms with Gasteiger partial charge in [-0.2, -0.15) is 0 Å². The molecule has 5 nitrogen and oxygen atoms in total. The minimum Gasteiger partial charge on any atom is -0.486 e. The van der Waals surface area contributed by atoms with Gasteiger partial charge >= 0.3 is 0 Å². The number of hydrogen-bond acceptors (Lipinski definition) is 3. The second kappa shape index (κ2) is 8.59. The Balaban J connectivity index is 1.58. The van der Waals surface area contributed by atoms with Crippen LogP contribution in [-0.4, -0.2) is 15.5 Å². The van der Waals surface area contributed by atoms with Gasteiger partial charge in [0.2, 0.25) is 5.91 Å². The average Bonchev–Trinajstić information content (AvgIpc) is 3.08. The van der Waals surface area contributed by atoms with Gasteiger partial charge in [0.15, 0.2) is 0 Å². The Labute approximate surface area is 180 Å². The molecule has 3 aromatic carbocycles. The van der Waals surface area contributed by atoms with Gasteiger partial charge in [0, 0.05) is 10.7 Å². The number of imidazole rings is 1. The molecule has 0 unspecified atom stereocenters. The van der Waals surface area contributed by atoms with Gasteiger partial charge in [0.1, 0.15) is 24.7 Å². The van der Waals surface area contributed by atoms with Gasteiger partial charge in [-0.25, -0.2) is 4.98 Å². The van der Waals surface area contributed by atoms with E-state index >= 15 is 0 Å². The lowest BCUT2D eigenvalue weighted by atomic mass is 10.1. The number of aromatic nitrogens is 2. The molecule has 0 aliphatic rings. The fourth-order valence-electron chi connectivity index (χ4n) is 3.42. The Bertz CT molecular complexity index is 1180. The maximum Gasteiger partial charge on any atom is 0.244 e. The molecule has 0 radical (unpaired) electrons. The first-order valence-corrected chi connectivity index (χ1v) is 10.1. The maximum absolute atomic E-state index is 12.9. The number of carbonyl (C=O) groups excluding carboxylic acids is 1. The van der Waals surface area contributed by atoms with Gasteiger partial charge in [-0.1, -0.05) is 41.9 Å². The summed E-state index contributed by atoms with van der Waals surface area (Å²) in [6.07, 6.45) is 0. The molecule has 1 aromatic heterocycles. The standard InChI is InChI=1S/C24H22ClN3O2/c1-16-6-5-7-17(2)24(16)27-23(29)14-28-21-9-4-3-8-20(21)26-22(28)15-30-19-12-10-18(25)11-13-19/h3-13H,14-15H2,1-2H3,(H,27,29). The van der Waals surface area contributed by atoms with Crippen LogP contribution in [-0.2, 0) is 17.9 Å². The molecule has 0 fully saturated rings. The molecule has 0 atom stereocenters. The zero-order valence-corrected chi connectivity index (χ0v) is 17.6. The largest absolute Gasteiger partial charge is 0.486 e. The van der Waals surface area contributed by atoms with E-state index in [-0.39, 0.29) is 19.1 Å². The monoisotopic (exact) mass is 419 g/mol. The van der Waals surface area contributed by atoms with Gasteiger partial charge in [-0.15, -0.1) is 0 Å². The van der Waals surface area contributed by atoms with Crippen molar-refractivity contribution in [2.24, 2.45) is 0 Å². The third kappa shape index (κ3) is 4.31. The highest BCUT2D eigenvalue weighted by Gasteiger charge is 2.15. The molecule has 1 heterocycles. The molecule has 0 saturated carbocycles. The van der Waals surface area contributed by atoms with Crippen LogP contribution in [0, 0.1) is 13.8 Å². The van der Waals surface area contributed by atoms with Gasteiger partial charge in [-0.05, 0) is 61.4 Å². The van der Waals surface area contributed by atoms with Crippen molar-refractivity contribution in [3.05, 3.63) is 88.7 Å². The fourth-order valence-corrected chi connectivity index (χ4v) is 3.55. The summed E-state index contributed by atoms with van der Waals surface area (Å²) in [6, 6.07) is 20.9. The maximum atomic E-state index is 12.9. The van der Waals surface area contributed by atoms with Crippen LogP contribution < -0.4 is 10.1 Å². The smallest absolute Gasteiger partial charge is 0.244 e. The first-order chi connectivity index (χ1) is 14.5. The van der Waals surface area contributed by atoms with Gasteiger partial charge in [-0.3, -0.25) is 4.79 Å². The molecule has 30 heavy (non-hydrogen) atoms.